The molecule has 3 aromatic rings. The summed E-state index contributed by atoms with van der Waals surface area (Å²) in [6.45, 7) is 0. The molecule has 1 aliphatic carbocycles. The summed E-state index contributed by atoms with van der Waals surface area (Å²) in [7, 11) is 2.03. The lowest BCUT2D eigenvalue weighted by atomic mass is 9.92. The Hall–Kier alpha value is -1.78. The van der Waals surface area contributed by atoms with E-state index in [4.69, 9.17) is 4.98 Å². The molecule has 0 aliphatic heterocycles. The minimum absolute atomic E-state index is 1.01. The van der Waals surface area contributed by atoms with Gasteiger partial charge in [-0.25, -0.2) is 4.57 Å². The number of halogens is 1. The fourth-order valence-electron chi connectivity index (χ4n) is 2.80. The maximum atomic E-state index is 4.77. The largest absolute Gasteiger partial charge is 0.342 e. The van der Waals surface area contributed by atoms with E-state index < -0.39 is 0 Å². The van der Waals surface area contributed by atoms with Gasteiger partial charge < -0.3 is 0 Å². The van der Waals surface area contributed by atoms with Gasteiger partial charge in [-0.15, -0.1) is 0 Å². The Morgan fingerprint density at radius 1 is 1.32 bits per heavy atom. The molecule has 108 valence electrons. The van der Waals surface area contributed by atoms with Gasteiger partial charge in [-0.2, -0.15) is 0 Å². The van der Waals surface area contributed by atoms with Crippen molar-refractivity contribution in [2.24, 2.45) is 7.05 Å². The van der Waals surface area contributed by atoms with Gasteiger partial charge in [-0.3, -0.25) is 0 Å². The quantitative estimate of drug-likeness (QED) is 0.575. The van der Waals surface area contributed by atoms with Crippen molar-refractivity contribution in [3.63, 3.8) is 0 Å². The van der Waals surface area contributed by atoms with Crippen LogP contribution in [0.4, 0.5) is 0 Å². The van der Waals surface area contributed by atoms with Crippen LogP contribution in [-0.2, 0) is 13.5 Å². The van der Waals surface area contributed by atoms with E-state index in [1.54, 1.807) is 11.3 Å². The van der Waals surface area contributed by atoms with Crippen molar-refractivity contribution in [1.82, 2.24) is 4.98 Å². The van der Waals surface area contributed by atoms with E-state index in [0.717, 1.165) is 21.5 Å². The zero-order chi connectivity index (χ0) is 15.1. The van der Waals surface area contributed by atoms with E-state index in [1.807, 2.05) is 13.2 Å². The van der Waals surface area contributed by atoms with Gasteiger partial charge in [-0.05, 0) is 50.1 Å². The van der Waals surface area contributed by atoms with Gasteiger partial charge in [0.1, 0.15) is 10.9 Å². The third-order valence-electron chi connectivity index (χ3n) is 3.81. The SMILES string of the molecule is C[n+]1cc(Br)cc2sc(/C=C3\C=CCc4ccccc43)nc21. The van der Waals surface area contributed by atoms with Gasteiger partial charge in [0.05, 0.1) is 11.5 Å². The van der Waals surface area contributed by atoms with Crippen LogP contribution >= 0.6 is 27.3 Å². The number of nitrogens with zero attached hydrogens (tertiary/aromatic N) is 2. The Balaban J connectivity index is 1.85. The Morgan fingerprint density at radius 2 is 2.18 bits per heavy atom. The van der Waals surface area contributed by atoms with Crippen molar-refractivity contribution in [2.45, 2.75) is 6.42 Å². The van der Waals surface area contributed by atoms with Crippen LogP contribution in [0.3, 0.4) is 0 Å². The van der Waals surface area contributed by atoms with Crippen LogP contribution in [0.5, 0.6) is 0 Å². The Bertz CT molecular complexity index is 937. The zero-order valence-corrected chi connectivity index (χ0v) is 14.5. The first-order valence-corrected chi connectivity index (χ1v) is 8.74. The highest BCUT2D eigenvalue weighted by molar-refractivity contribution is 9.10. The van der Waals surface area contributed by atoms with Gasteiger partial charge in [0.2, 0.25) is 5.01 Å². The number of aromatic nitrogens is 2. The van der Waals surface area contributed by atoms with E-state index in [1.165, 1.54) is 21.4 Å². The van der Waals surface area contributed by atoms with Gasteiger partial charge in [0.25, 0.3) is 0 Å². The maximum Gasteiger partial charge on any atom is 0.342 e. The zero-order valence-electron chi connectivity index (χ0n) is 12.1. The molecule has 4 rings (SSSR count). The van der Waals surface area contributed by atoms with Crippen molar-refractivity contribution < 1.29 is 4.57 Å². The molecule has 0 N–H and O–H groups in total. The fourth-order valence-corrected chi connectivity index (χ4v) is 4.50. The molecule has 4 heteroatoms. The first kappa shape index (κ1) is 13.9. The van der Waals surface area contributed by atoms with Crippen LogP contribution < -0.4 is 4.57 Å². The number of pyridine rings is 1. The second-order valence-electron chi connectivity index (χ2n) is 5.37. The van der Waals surface area contributed by atoms with Crippen molar-refractivity contribution >= 4 is 49.3 Å². The number of allylic oxidation sites excluding steroid dienone is 3. The van der Waals surface area contributed by atoms with Crippen LogP contribution in [0.2, 0.25) is 0 Å². The first-order chi connectivity index (χ1) is 10.7. The first-order valence-electron chi connectivity index (χ1n) is 7.13. The molecule has 22 heavy (non-hydrogen) atoms. The lowest BCUT2D eigenvalue weighted by molar-refractivity contribution is -0.647. The van der Waals surface area contributed by atoms with E-state index in [9.17, 15) is 0 Å². The molecule has 2 aromatic heterocycles. The highest BCUT2D eigenvalue weighted by Crippen LogP contribution is 2.30. The van der Waals surface area contributed by atoms with Gasteiger partial charge in [0, 0.05) is 6.08 Å². The predicted molar refractivity (Wildman–Crippen MR) is 95.7 cm³/mol. The van der Waals surface area contributed by atoms with Crippen LogP contribution in [0.25, 0.3) is 22.0 Å². The molecule has 1 aliphatic rings. The molecule has 0 bridgehead atoms. The van der Waals surface area contributed by atoms with Gasteiger partial charge >= 0.3 is 5.65 Å². The summed E-state index contributed by atoms with van der Waals surface area (Å²) in [5.74, 6) is 0. The van der Waals surface area contributed by atoms with Crippen molar-refractivity contribution in [2.75, 3.05) is 0 Å². The summed E-state index contributed by atoms with van der Waals surface area (Å²) in [4.78, 5) is 4.77. The third-order valence-corrected chi connectivity index (χ3v) is 5.19. The molecule has 0 fully saturated rings. The fraction of sp³-hybridized carbons (Fsp3) is 0.111. The summed E-state index contributed by atoms with van der Waals surface area (Å²) >= 11 is 5.27. The molecule has 0 radical (unpaired) electrons. The lowest BCUT2D eigenvalue weighted by Gasteiger charge is -2.12. The second kappa shape index (κ2) is 5.45. The van der Waals surface area contributed by atoms with E-state index >= 15 is 0 Å². The molecule has 2 heterocycles. The molecule has 0 saturated carbocycles. The maximum absolute atomic E-state index is 4.77. The van der Waals surface area contributed by atoms with E-state index in [0.29, 0.717) is 0 Å². The number of hydrogen-bond donors (Lipinski definition) is 0. The number of aryl methyl sites for hydroxylation is 1. The van der Waals surface area contributed by atoms with Crippen LogP contribution in [-0.4, -0.2) is 4.98 Å². The average Bonchev–Trinajstić information content (AvgIpc) is 2.90. The molecular formula is C18H14BrN2S+. The van der Waals surface area contributed by atoms with Crippen molar-refractivity contribution in [3.05, 3.63) is 69.3 Å². The molecule has 2 nitrogen and oxygen atoms in total. The minimum atomic E-state index is 1.01. The molecule has 0 spiro atoms. The van der Waals surface area contributed by atoms with Crippen LogP contribution in [0, 0.1) is 0 Å². The molecule has 0 saturated heterocycles. The number of rotatable bonds is 1. The van der Waals surface area contributed by atoms with Gasteiger partial charge in [-0.1, -0.05) is 47.8 Å². The van der Waals surface area contributed by atoms with Gasteiger partial charge in [0.15, 0.2) is 0 Å². The summed E-state index contributed by atoms with van der Waals surface area (Å²) in [5, 5.41) is 1.04. The molecule has 0 atom stereocenters. The second-order valence-corrected chi connectivity index (χ2v) is 7.35. The molecule has 1 aromatic carbocycles. The smallest absolute Gasteiger partial charge is 0.231 e. The molecular weight excluding hydrogens is 356 g/mol. The number of fused-ring (bicyclic) bond motifs is 2. The average molecular weight is 370 g/mol. The Kier molecular flexibility index (Phi) is 3.43. The van der Waals surface area contributed by atoms with E-state index in [-0.39, 0.29) is 0 Å². The Morgan fingerprint density at radius 3 is 3.09 bits per heavy atom. The summed E-state index contributed by atoms with van der Waals surface area (Å²) < 4.78 is 4.33. The topological polar surface area (TPSA) is 16.8 Å². The van der Waals surface area contributed by atoms with Crippen molar-refractivity contribution in [1.29, 1.82) is 0 Å². The predicted octanol–water partition coefficient (Wildman–Crippen LogP) is 4.54. The third kappa shape index (κ3) is 2.42. The highest BCUT2D eigenvalue weighted by atomic mass is 79.9. The minimum Gasteiger partial charge on any atom is -0.231 e. The normalized spacial score (nSPS) is 15.5. The van der Waals surface area contributed by atoms with Crippen molar-refractivity contribution in [3.8, 4) is 0 Å². The highest BCUT2D eigenvalue weighted by Gasteiger charge is 2.16. The standard InChI is InChI=1S/C18H14BrN2S/c1-21-11-14(19)10-16-18(21)20-17(22-16)9-13-7-4-6-12-5-2-3-8-15(12)13/h2-5,7-11H,6H2,1H3/q+1/b13-9+. The van der Waals surface area contributed by atoms with Crippen LogP contribution in [0.1, 0.15) is 16.1 Å². The summed E-state index contributed by atoms with van der Waals surface area (Å²) in [5.41, 5.74) is 4.95. The summed E-state index contributed by atoms with van der Waals surface area (Å²) in [6, 6.07) is 10.7. The number of benzene rings is 1. The monoisotopic (exact) mass is 369 g/mol. The molecule has 0 unspecified atom stereocenters. The Labute approximate surface area is 141 Å². The number of hydrogen-bond acceptors (Lipinski definition) is 2. The van der Waals surface area contributed by atoms with E-state index in [2.05, 4.69) is 69.1 Å². The lowest BCUT2D eigenvalue weighted by Crippen LogP contribution is -2.28. The number of thiazole rings is 1. The molecule has 0 amide bonds. The van der Waals surface area contributed by atoms with Crippen LogP contribution in [0.15, 0.2) is 53.2 Å². The summed E-state index contributed by atoms with van der Waals surface area (Å²) in [6.07, 6.45) is 9.65.